The number of esters is 1. The monoisotopic (exact) mass is 275 g/mol. The summed E-state index contributed by atoms with van der Waals surface area (Å²) in [5.41, 5.74) is 1.61. The molecule has 2 aliphatic rings. The van der Waals surface area contributed by atoms with Crippen LogP contribution in [-0.4, -0.2) is 36.6 Å². The minimum absolute atomic E-state index is 0.224. The van der Waals surface area contributed by atoms with Crippen LogP contribution in [-0.2, 0) is 11.3 Å². The van der Waals surface area contributed by atoms with Crippen LogP contribution in [0.15, 0.2) is 18.2 Å². The van der Waals surface area contributed by atoms with Crippen molar-refractivity contribution in [1.82, 2.24) is 4.90 Å². The van der Waals surface area contributed by atoms with Gasteiger partial charge in [0.15, 0.2) is 0 Å². The van der Waals surface area contributed by atoms with Crippen LogP contribution in [0.1, 0.15) is 42.1 Å². The van der Waals surface area contributed by atoms with E-state index in [4.69, 9.17) is 9.47 Å². The molecule has 0 N–H and O–H groups in total. The third kappa shape index (κ3) is 2.80. The second-order valence-electron chi connectivity index (χ2n) is 5.52. The van der Waals surface area contributed by atoms with E-state index in [0.29, 0.717) is 12.2 Å². The van der Waals surface area contributed by atoms with Crippen LogP contribution in [0.25, 0.3) is 0 Å². The number of benzene rings is 1. The number of hydrogen-bond acceptors (Lipinski definition) is 4. The molecule has 3 rings (SSSR count). The molecule has 1 aromatic rings. The first-order valence-electron chi connectivity index (χ1n) is 7.45. The number of fused-ring (bicyclic) bond motifs is 1. The third-order valence-corrected chi connectivity index (χ3v) is 4.12. The molecule has 4 heteroatoms. The number of carbonyl (C=O) groups is 1. The van der Waals surface area contributed by atoms with Crippen molar-refractivity contribution in [2.75, 3.05) is 19.6 Å². The summed E-state index contributed by atoms with van der Waals surface area (Å²) >= 11 is 0. The van der Waals surface area contributed by atoms with Crippen molar-refractivity contribution in [3.05, 3.63) is 29.3 Å². The Labute approximate surface area is 119 Å². The zero-order chi connectivity index (χ0) is 13.9. The molecule has 0 radical (unpaired) electrons. The van der Waals surface area contributed by atoms with Crippen LogP contribution in [0, 0.1) is 0 Å². The first kappa shape index (κ1) is 13.4. The second-order valence-corrected chi connectivity index (χ2v) is 5.52. The van der Waals surface area contributed by atoms with Crippen molar-refractivity contribution in [2.45, 2.75) is 38.9 Å². The molecule has 1 aromatic carbocycles. The standard InChI is InChI=1S/C16H21NO3/c1-2-17-8-4-3-5-14(10-17)20-13-6-7-15-12(9-13)11-19-16(15)18/h6-7,9,14H,2-5,8,10-11H2,1H3. The van der Waals surface area contributed by atoms with Crippen molar-refractivity contribution in [1.29, 1.82) is 0 Å². The lowest BCUT2D eigenvalue weighted by Crippen LogP contribution is -2.33. The minimum Gasteiger partial charge on any atom is -0.489 e. The lowest BCUT2D eigenvalue weighted by atomic mass is 10.1. The number of cyclic esters (lactones) is 1. The Morgan fingerprint density at radius 1 is 1.40 bits per heavy atom. The predicted octanol–water partition coefficient (Wildman–Crippen LogP) is 2.61. The summed E-state index contributed by atoms with van der Waals surface area (Å²) in [7, 11) is 0. The first-order chi connectivity index (χ1) is 9.76. The molecule has 108 valence electrons. The molecule has 0 bridgehead atoms. The molecule has 0 aromatic heterocycles. The van der Waals surface area contributed by atoms with Gasteiger partial charge in [0.25, 0.3) is 0 Å². The number of likely N-dealkylation sites (tertiary alicyclic amines) is 1. The van der Waals surface area contributed by atoms with Crippen molar-refractivity contribution in [3.63, 3.8) is 0 Å². The Kier molecular flexibility index (Phi) is 3.92. The average Bonchev–Trinajstić information content (AvgIpc) is 2.69. The Morgan fingerprint density at radius 2 is 2.30 bits per heavy atom. The molecule has 1 atom stereocenters. The molecule has 2 aliphatic heterocycles. The van der Waals surface area contributed by atoms with Gasteiger partial charge in [-0.2, -0.15) is 0 Å². The maximum atomic E-state index is 11.4. The van der Waals surface area contributed by atoms with Crippen LogP contribution < -0.4 is 4.74 Å². The maximum Gasteiger partial charge on any atom is 0.338 e. The van der Waals surface area contributed by atoms with Gasteiger partial charge in [0, 0.05) is 12.1 Å². The lowest BCUT2D eigenvalue weighted by Gasteiger charge is -2.23. The van der Waals surface area contributed by atoms with Gasteiger partial charge in [0.2, 0.25) is 0 Å². The molecule has 2 heterocycles. The highest BCUT2D eigenvalue weighted by Gasteiger charge is 2.23. The molecule has 4 nitrogen and oxygen atoms in total. The summed E-state index contributed by atoms with van der Waals surface area (Å²) in [6, 6.07) is 5.64. The van der Waals surface area contributed by atoms with Gasteiger partial charge in [-0.05, 0) is 50.6 Å². The minimum atomic E-state index is -0.224. The van der Waals surface area contributed by atoms with Crippen molar-refractivity contribution in [3.8, 4) is 5.75 Å². The van der Waals surface area contributed by atoms with Crippen LogP contribution in [0.4, 0.5) is 0 Å². The van der Waals surface area contributed by atoms with E-state index in [1.54, 1.807) is 0 Å². The smallest absolute Gasteiger partial charge is 0.338 e. The van der Waals surface area contributed by atoms with E-state index in [2.05, 4.69) is 11.8 Å². The molecule has 0 spiro atoms. The van der Waals surface area contributed by atoms with Gasteiger partial charge in [-0.3, -0.25) is 4.90 Å². The van der Waals surface area contributed by atoms with Gasteiger partial charge in [-0.1, -0.05) is 6.92 Å². The first-order valence-corrected chi connectivity index (χ1v) is 7.45. The van der Waals surface area contributed by atoms with E-state index in [-0.39, 0.29) is 12.1 Å². The van der Waals surface area contributed by atoms with Gasteiger partial charge < -0.3 is 9.47 Å². The number of likely N-dealkylation sites (N-methyl/N-ethyl adjacent to an activating group) is 1. The van der Waals surface area contributed by atoms with E-state index in [1.807, 2.05) is 18.2 Å². The quantitative estimate of drug-likeness (QED) is 0.795. The van der Waals surface area contributed by atoms with E-state index in [9.17, 15) is 4.79 Å². The Hall–Kier alpha value is -1.55. The van der Waals surface area contributed by atoms with Gasteiger partial charge >= 0.3 is 5.97 Å². The maximum absolute atomic E-state index is 11.4. The lowest BCUT2D eigenvalue weighted by molar-refractivity contribution is 0.0535. The fraction of sp³-hybridized carbons (Fsp3) is 0.562. The molecular weight excluding hydrogens is 254 g/mol. The summed E-state index contributed by atoms with van der Waals surface area (Å²) in [6.45, 7) is 5.80. The normalized spacial score (nSPS) is 23.1. The molecule has 1 unspecified atom stereocenters. The number of hydrogen-bond donors (Lipinski definition) is 0. The topological polar surface area (TPSA) is 38.8 Å². The van der Waals surface area contributed by atoms with Crippen molar-refractivity contribution < 1.29 is 14.3 Å². The van der Waals surface area contributed by atoms with Crippen LogP contribution >= 0.6 is 0 Å². The highest BCUT2D eigenvalue weighted by molar-refractivity contribution is 5.93. The molecule has 0 aliphatic carbocycles. The van der Waals surface area contributed by atoms with Crippen LogP contribution in [0.2, 0.25) is 0 Å². The molecule has 20 heavy (non-hydrogen) atoms. The SMILES string of the molecule is CCN1CCCCC(Oc2ccc3c(c2)COC3=O)C1. The molecule has 1 fully saturated rings. The fourth-order valence-electron chi connectivity index (χ4n) is 2.94. The third-order valence-electron chi connectivity index (χ3n) is 4.12. The summed E-state index contributed by atoms with van der Waals surface area (Å²) in [6.07, 6.45) is 3.81. The van der Waals surface area contributed by atoms with E-state index >= 15 is 0 Å². The summed E-state index contributed by atoms with van der Waals surface area (Å²) in [4.78, 5) is 13.9. The average molecular weight is 275 g/mol. The Balaban J connectivity index is 1.69. The van der Waals surface area contributed by atoms with Gasteiger partial charge in [0.05, 0.1) is 5.56 Å². The predicted molar refractivity (Wildman–Crippen MR) is 75.9 cm³/mol. The Bertz CT molecular complexity index is 500. The number of nitrogens with zero attached hydrogens (tertiary/aromatic N) is 1. The summed E-state index contributed by atoms with van der Waals surface area (Å²) in [5, 5.41) is 0. The molecule has 0 saturated carbocycles. The second kappa shape index (κ2) is 5.83. The summed E-state index contributed by atoms with van der Waals surface area (Å²) in [5.74, 6) is 0.628. The largest absolute Gasteiger partial charge is 0.489 e. The van der Waals surface area contributed by atoms with Crippen LogP contribution in [0.5, 0.6) is 5.75 Å². The number of rotatable bonds is 3. The molecular formula is C16H21NO3. The number of carbonyl (C=O) groups excluding carboxylic acids is 1. The highest BCUT2D eigenvalue weighted by Crippen LogP contribution is 2.26. The molecule has 0 amide bonds. The van der Waals surface area contributed by atoms with E-state index in [0.717, 1.165) is 30.8 Å². The molecule has 1 saturated heterocycles. The van der Waals surface area contributed by atoms with E-state index in [1.165, 1.54) is 19.4 Å². The van der Waals surface area contributed by atoms with Crippen LogP contribution in [0.3, 0.4) is 0 Å². The highest BCUT2D eigenvalue weighted by atomic mass is 16.5. The summed E-state index contributed by atoms with van der Waals surface area (Å²) < 4.78 is 11.1. The van der Waals surface area contributed by atoms with Gasteiger partial charge in [0.1, 0.15) is 18.5 Å². The van der Waals surface area contributed by atoms with E-state index < -0.39 is 0 Å². The zero-order valence-corrected chi connectivity index (χ0v) is 11.9. The van der Waals surface area contributed by atoms with Gasteiger partial charge in [-0.15, -0.1) is 0 Å². The zero-order valence-electron chi connectivity index (χ0n) is 11.9. The van der Waals surface area contributed by atoms with Crippen molar-refractivity contribution >= 4 is 5.97 Å². The van der Waals surface area contributed by atoms with Crippen molar-refractivity contribution in [2.24, 2.45) is 0 Å². The number of ether oxygens (including phenoxy) is 2. The fourth-order valence-corrected chi connectivity index (χ4v) is 2.94. The van der Waals surface area contributed by atoms with Gasteiger partial charge in [-0.25, -0.2) is 4.79 Å². The Morgan fingerprint density at radius 3 is 3.15 bits per heavy atom.